The first-order valence-electron chi connectivity index (χ1n) is 24.7. The van der Waals surface area contributed by atoms with Crippen molar-refractivity contribution in [2.75, 3.05) is 82.8 Å². The number of hydrogen-bond acceptors (Lipinski definition) is 18. The molecule has 3 saturated heterocycles. The number of ketones is 2. The quantitative estimate of drug-likeness (QED) is 0.0739. The normalized spacial score (nSPS) is 20.3. The van der Waals surface area contributed by atoms with Gasteiger partial charge in [0.1, 0.15) is 59.9 Å². The first kappa shape index (κ1) is 56.2. The molecule has 3 fully saturated rings. The van der Waals surface area contributed by atoms with Crippen LogP contribution in [0, 0.1) is 25.7 Å². The summed E-state index contributed by atoms with van der Waals surface area (Å²) in [5, 5.41) is 23.8. The first-order valence-corrected chi connectivity index (χ1v) is 24.7. The molecule has 0 aromatic carbocycles. The number of amides is 4. The molecule has 4 aromatic heterocycles. The van der Waals surface area contributed by atoms with Crippen LogP contribution in [0.1, 0.15) is 86.0 Å². The van der Waals surface area contributed by atoms with Crippen molar-refractivity contribution in [2.24, 2.45) is 11.8 Å². The van der Waals surface area contributed by atoms with Gasteiger partial charge in [0.25, 0.3) is 0 Å². The Hall–Kier alpha value is -7.04. The molecule has 9 heterocycles. The number of aryl methyl sites for hydroxylation is 2. The molecule has 6 atom stereocenters. The molecular weight excluding hydrogens is 1030 g/mol. The molecule has 5 aliphatic heterocycles. The van der Waals surface area contributed by atoms with E-state index >= 15 is 0 Å². The van der Waals surface area contributed by atoms with Crippen molar-refractivity contribution in [3.8, 4) is 11.5 Å². The van der Waals surface area contributed by atoms with Gasteiger partial charge in [-0.25, -0.2) is 39.5 Å². The van der Waals surface area contributed by atoms with E-state index in [4.69, 9.17) is 24.1 Å². The maximum Gasteiger partial charge on any atom is 0.391 e. The summed E-state index contributed by atoms with van der Waals surface area (Å²) in [7, 11) is 0. The van der Waals surface area contributed by atoms with Gasteiger partial charge in [-0.2, -0.15) is 26.3 Å². The zero-order chi connectivity index (χ0) is 55.7. The lowest BCUT2D eigenvalue weighted by atomic mass is 10.0. The Morgan fingerprint density at radius 2 is 1.21 bits per heavy atom. The van der Waals surface area contributed by atoms with Crippen LogP contribution < -0.4 is 39.7 Å². The van der Waals surface area contributed by atoms with Crippen molar-refractivity contribution in [3.63, 3.8) is 0 Å². The van der Waals surface area contributed by atoms with E-state index < -0.39 is 79.2 Å². The molecule has 4 bridgehead atoms. The van der Waals surface area contributed by atoms with E-state index in [1.165, 1.54) is 34.3 Å². The van der Waals surface area contributed by atoms with Gasteiger partial charge < -0.3 is 39.0 Å². The monoisotopic (exact) mass is 1090 g/mol. The van der Waals surface area contributed by atoms with Crippen LogP contribution in [0.5, 0.6) is 11.5 Å². The first-order chi connectivity index (χ1) is 36.3. The molecule has 28 heteroatoms. The average molecular weight is 1090 g/mol. The van der Waals surface area contributed by atoms with Gasteiger partial charge in [-0.1, -0.05) is 13.8 Å². The van der Waals surface area contributed by atoms with Crippen LogP contribution in [-0.2, 0) is 9.47 Å². The highest BCUT2D eigenvalue weighted by Crippen LogP contribution is 2.43. The summed E-state index contributed by atoms with van der Waals surface area (Å²) in [6, 6.07) is 4.52. The molecule has 4 aromatic rings. The van der Waals surface area contributed by atoms with Gasteiger partial charge in [0.15, 0.2) is 29.1 Å². The molecule has 9 rings (SSSR count). The van der Waals surface area contributed by atoms with Gasteiger partial charge in [0, 0.05) is 63.5 Å². The van der Waals surface area contributed by atoms with Crippen LogP contribution in [0.3, 0.4) is 0 Å². The van der Waals surface area contributed by atoms with Crippen molar-refractivity contribution >= 4 is 58.3 Å². The highest BCUT2D eigenvalue weighted by molar-refractivity contribution is 6.06. The van der Waals surface area contributed by atoms with Crippen LogP contribution in [0.4, 0.5) is 70.6 Å². The summed E-state index contributed by atoms with van der Waals surface area (Å²) in [5.41, 5.74) is 1.94. The smallest absolute Gasteiger partial charge is 0.391 e. The number of anilines is 6. The Kier molecular flexibility index (Phi) is 16.4. The number of carbonyl (C=O) groups excluding carboxylic acids is 4. The van der Waals surface area contributed by atoms with E-state index in [1.807, 2.05) is 23.6 Å². The highest BCUT2D eigenvalue weighted by atomic mass is 19.4. The van der Waals surface area contributed by atoms with Gasteiger partial charge in [-0.15, -0.1) is 0 Å². The minimum Gasteiger partial charge on any atom is -0.491 e. The number of alkyl halides is 6. The Bertz CT molecular complexity index is 2860. The number of carbonyl (C=O) groups is 4. The van der Waals surface area contributed by atoms with Gasteiger partial charge in [-0.3, -0.25) is 30.0 Å². The molecule has 77 heavy (non-hydrogen) atoms. The van der Waals surface area contributed by atoms with E-state index in [2.05, 4.69) is 40.5 Å². The number of nitrogens with zero attached hydrogens (tertiary/aromatic N) is 10. The van der Waals surface area contributed by atoms with Gasteiger partial charge in [0.2, 0.25) is 11.6 Å². The maximum atomic E-state index is 13.6. The van der Waals surface area contributed by atoms with Crippen LogP contribution in [-0.4, -0.2) is 159 Å². The predicted molar refractivity (Wildman–Crippen MR) is 264 cm³/mol. The molecule has 0 unspecified atom stereocenters. The number of urea groups is 2. The van der Waals surface area contributed by atoms with Crippen LogP contribution in [0.15, 0.2) is 36.7 Å². The molecule has 4 amide bonds. The number of fused-ring (bicyclic) bond motifs is 8. The van der Waals surface area contributed by atoms with Crippen molar-refractivity contribution < 1.29 is 74.7 Å². The van der Waals surface area contributed by atoms with Crippen molar-refractivity contribution in [1.29, 1.82) is 0 Å². The predicted octanol–water partition coefficient (Wildman–Crippen LogP) is 6.43. The summed E-state index contributed by atoms with van der Waals surface area (Å²) >= 11 is 0. The second-order valence-corrected chi connectivity index (χ2v) is 19.8. The van der Waals surface area contributed by atoms with Crippen molar-refractivity contribution in [3.05, 3.63) is 59.7 Å². The van der Waals surface area contributed by atoms with Crippen LogP contribution >= 0.6 is 0 Å². The molecular formula is C49H58F6N12O10. The number of aliphatic hydroxyl groups excluding tert-OH is 2. The molecule has 0 spiro atoms. The van der Waals surface area contributed by atoms with E-state index in [1.54, 1.807) is 26.0 Å². The molecule has 0 saturated carbocycles. The summed E-state index contributed by atoms with van der Waals surface area (Å²) in [6.07, 6.45) is -7.80. The summed E-state index contributed by atoms with van der Waals surface area (Å²) in [4.78, 5) is 84.4. The zero-order valence-corrected chi connectivity index (χ0v) is 42.8. The third-order valence-corrected chi connectivity index (χ3v) is 13.4. The number of rotatable bonds is 15. The molecule has 22 nitrogen and oxygen atoms in total. The van der Waals surface area contributed by atoms with Crippen molar-refractivity contribution in [1.82, 2.24) is 29.9 Å². The Labute approximate surface area is 437 Å². The fourth-order valence-corrected chi connectivity index (χ4v) is 9.34. The molecule has 0 radical (unpaired) electrons. The standard InChI is InChI=1S/C26H31F3N6O5.C23H27F3N6O5/c1-14(26(27,28)29)9-19(36)22-31-15(2)21-23(33-22)35(16-6-8-34(21)11-16)24(37)32-20-10-17(5-7-30-20)38-12-18-13-39-25(3,4)40-18;1-12(23(24,25)26)7-17(35)20-28-13(2)19-21(30-20)32(14-4-6-31(19)9-14)22(36)29-18-8-16(3-5-27-18)37-11-15(34)10-33/h5,7,10,14,16,18H,6,8-9,11-13H2,1-4H3,(H,30,32,37);3,5,8,12,14-15,33-34H,4,6-7,9-11H2,1-2H3,(H,27,29,36)/t14-,16-,18-;12-,14-,15+/m00/s1. The summed E-state index contributed by atoms with van der Waals surface area (Å²) < 4.78 is 101. The van der Waals surface area contributed by atoms with Gasteiger partial charge in [-0.05, 0) is 52.7 Å². The number of nitrogens with one attached hydrogen (secondary N) is 2. The number of aromatic nitrogens is 6. The fraction of sp³-hybridized carbons (Fsp3) is 0.551. The Balaban J connectivity index is 0.000000204. The number of hydrogen-bond donors (Lipinski definition) is 4. The minimum atomic E-state index is -4.53. The fourth-order valence-electron chi connectivity index (χ4n) is 9.34. The van der Waals surface area contributed by atoms with E-state index in [0.29, 0.717) is 79.9 Å². The second-order valence-electron chi connectivity index (χ2n) is 19.8. The lowest BCUT2D eigenvalue weighted by molar-refractivity contribution is -0.169. The lowest BCUT2D eigenvalue weighted by Gasteiger charge is -2.36. The third-order valence-electron chi connectivity index (χ3n) is 13.4. The van der Waals surface area contributed by atoms with Gasteiger partial charge >= 0.3 is 24.4 Å². The summed E-state index contributed by atoms with van der Waals surface area (Å²) in [6.45, 7) is 11.1. The topological polar surface area (TPSA) is 260 Å². The third kappa shape index (κ3) is 13.0. The van der Waals surface area contributed by atoms with E-state index in [0.717, 1.165) is 13.8 Å². The number of Topliss-reactive ketones (excluding diaryl/α,β-unsaturated/α-hetero) is 2. The molecule has 5 aliphatic rings. The second kappa shape index (κ2) is 22.5. The number of aliphatic hydroxyl groups is 2. The van der Waals surface area contributed by atoms with Crippen LogP contribution in [0.25, 0.3) is 0 Å². The zero-order valence-electron chi connectivity index (χ0n) is 42.8. The average Bonchev–Trinajstić information content (AvgIpc) is 4.14. The molecule has 416 valence electrons. The summed E-state index contributed by atoms with van der Waals surface area (Å²) in [5.74, 6) is -5.31. The Morgan fingerprint density at radius 3 is 1.62 bits per heavy atom. The SMILES string of the molecule is Cc1nc(C(=O)C[C@H](C)C(F)(F)F)nc2c1N1CC[C@@H](C1)N2C(=O)Nc1cc(OC[C@H](O)CO)ccn1.Cc1nc(C(=O)C[C@H](C)C(F)(F)F)nc2c1N1CC[C@@H](C1)N2C(=O)Nc1cc(OC[C@H]2COC(C)(C)O2)ccn1. The van der Waals surface area contributed by atoms with Crippen LogP contribution in [0.2, 0.25) is 0 Å². The number of ether oxygens (including phenoxy) is 4. The number of pyridine rings is 2. The lowest BCUT2D eigenvalue weighted by Crippen LogP contribution is -2.49. The Morgan fingerprint density at radius 1 is 0.753 bits per heavy atom. The number of halogens is 6. The van der Waals surface area contributed by atoms with Gasteiger partial charge in [0.05, 0.1) is 48.5 Å². The minimum absolute atomic E-state index is 0.143. The largest absolute Gasteiger partial charge is 0.491 e. The van der Waals surface area contributed by atoms with E-state index in [-0.39, 0.29) is 66.3 Å². The maximum absolute atomic E-state index is 13.6. The molecule has 0 aliphatic carbocycles. The van der Waals surface area contributed by atoms with E-state index in [9.17, 15) is 50.6 Å². The molecule has 4 N–H and O–H groups in total. The van der Waals surface area contributed by atoms with Crippen molar-refractivity contribution in [2.45, 2.75) is 110 Å². The highest BCUT2D eigenvalue weighted by Gasteiger charge is 2.45.